The number of likely N-dealkylation sites (tertiary alicyclic amines) is 1. The predicted molar refractivity (Wildman–Crippen MR) is 83.6 cm³/mol. The van der Waals surface area contributed by atoms with Gasteiger partial charge in [-0.05, 0) is 31.6 Å². The van der Waals surface area contributed by atoms with Crippen molar-refractivity contribution in [3.63, 3.8) is 0 Å². The SMILES string of the molecule is CS(=O)(=O)N1CCCC(CN2CCC(OCCN)CC2)C1. The highest BCUT2D eigenvalue weighted by molar-refractivity contribution is 7.88. The molecule has 1 atom stereocenters. The molecule has 0 aromatic heterocycles. The molecule has 0 amide bonds. The molecule has 2 saturated heterocycles. The van der Waals surface area contributed by atoms with Crippen LogP contribution in [0, 0.1) is 5.92 Å². The number of nitrogens with zero attached hydrogens (tertiary/aromatic N) is 2. The molecule has 0 spiro atoms. The monoisotopic (exact) mass is 319 g/mol. The van der Waals surface area contributed by atoms with Crippen molar-refractivity contribution in [3.8, 4) is 0 Å². The molecule has 0 aromatic carbocycles. The molecule has 0 bridgehead atoms. The van der Waals surface area contributed by atoms with E-state index in [4.69, 9.17) is 10.5 Å². The van der Waals surface area contributed by atoms with E-state index in [2.05, 4.69) is 4.90 Å². The molecule has 0 radical (unpaired) electrons. The van der Waals surface area contributed by atoms with Crippen LogP contribution in [0.4, 0.5) is 0 Å². The van der Waals surface area contributed by atoms with Gasteiger partial charge in [0.25, 0.3) is 0 Å². The summed E-state index contributed by atoms with van der Waals surface area (Å²) in [6.07, 6.45) is 5.90. The van der Waals surface area contributed by atoms with E-state index in [-0.39, 0.29) is 0 Å². The van der Waals surface area contributed by atoms with Crippen molar-refractivity contribution in [1.82, 2.24) is 9.21 Å². The lowest BCUT2D eigenvalue weighted by atomic mass is 9.97. The van der Waals surface area contributed by atoms with Gasteiger partial charge in [0, 0.05) is 39.3 Å². The van der Waals surface area contributed by atoms with E-state index in [9.17, 15) is 8.42 Å². The van der Waals surface area contributed by atoms with Crippen molar-refractivity contribution < 1.29 is 13.2 Å². The van der Waals surface area contributed by atoms with Gasteiger partial charge in [-0.1, -0.05) is 0 Å². The zero-order valence-corrected chi connectivity index (χ0v) is 13.9. The normalized spacial score (nSPS) is 27.0. The predicted octanol–water partition coefficient (Wildman–Crippen LogP) is 0.0977. The Kier molecular flexibility index (Phi) is 6.43. The summed E-state index contributed by atoms with van der Waals surface area (Å²) < 4.78 is 30.6. The Morgan fingerprint density at radius 1 is 1.19 bits per heavy atom. The highest BCUT2D eigenvalue weighted by Crippen LogP contribution is 2.22. The third kappa shape index (κ3) is 5.49. The minimum Gasteiger partial charge on any atom is -0.377 e. The fourth-order valence-corrected chi connectivity index (χ4v) is 4.28. The van der Waals surface area contributed by atoms with E-state index in [0.717, 1.165) is 45.3 Å². The average Bonchev–Trinajstić information content (AvgIpc) is 2.46. The first-order valence-corrected chi connectivity index (χ1v) is 9.83. The molecule has 2 aliphatic rings. The Morgan fingerprint density at radius 3 is 2.52 bits per heavy atom. The molecule has 2 fully saturated rings. The molecule has 1 unspecified atom stereocenters. The van der Waals surface area contributed by atoms with Gasteiger partial charge in [-0.3, -0.25) is 0 Å². The van der Waals surface area contributed by atoms with Crippen LogP contribution < -0.4 is 5.73 Å². The van der Waals surface area contributed by atoms with Crippen molar-refractivity contribution in [2.45, 2.75) is 31.8 Å². The fourth-order valence-electron chi connectivity index (χ4n) is 3.34. The van der Waals surface area contributed by atoms with Gasteiger partial charge in [-0.25, -0.2) is 12.7 Å². The Bertz CT molecular complexity index is 408. The van der Waals surface area contributed by atoms with Crippen molar-refractivity contribution >= 4 is 10.0 Å². The summed E-state index contributed by atoms with van der Waals surface area (Å²) in [6.45, 7) is 5.71. The lowest BCUT2D eigenvalue weighted by Gasteiger charge is -2.37. The quantitative estimate of drug-likeness (QED) is 0.751. The first-order chi connectivity index (χ1) is 9.99. The zero-order valence-electron chi connectivity index (χ0n) is 13.0. The Morgan fingerprint density at radius 2 is 1.90 bits per heavy atom. The van der Waals surface area contributed by atoms with Crippen LogP contribution in [0.1, 0.15) is 25.7 Å². The smallest absolute Gasteiger partial charge is 0.211 e. The molecule has 0 saturated carbocycles. The third-order valence-electron chi connectivity index (χ3n) is 4.47. The average molecular weight is 319 g/mol. The van der Waals surface area contributed by atoms with Gasteiger partial charge in [0.15, 0.2) is 0 Å². The van der Waals surface area contributed by atoms with Gasteiger partial charge in [-0.15, -0.1) is 0 Å². The number of piperidine rings is 2. The summed E-state index contributed by atoms with van der Waals surface area (Å²) in [6, 6.07) is 0. The summed E-state index contributed by atoms with van der Waals surface area (Å²) in [4.78, 5) is 2.46. The number of sulfonamides is 1. The molecule has 2 heterocycles. The van der Waals surface area contributed by atoms with Gasteiger partial charge in [0.1, 0.15) is 0 Å². The van der Waals surface area contributed by atoms with Crippen molar-refractivity contribution in [1.29, 1.82) is 0 Å². The molecule has 2 rings (SSSR count). The Balaban J connectivity index is 1.73. The first-order valence-electron chi connectivity index (χ1n) is 7.98. The lowest BCUT2D eigenvalue weighted by molar-refractivity contribution is 0.00674. The second kappa shape index (κ2) is 7.87. The molecular weight excluding hydrogens is 290 g/mol. The van der Waals surface area contributed by atoms with E-state index in [1.165, 1.54) is 6.26 Å². The van der Waals surface area contributed by atoms with Crippen LogP contribution in [-0.4, -0.2) is 75.9 Å². The fraction of sp³-hybridized carbons (Fsp3) is 1.00. The molecule has 6 nitrogen and oxygen atoms in total. The minimum atomic E-state index is -3.04. The van der Waals surface area contributed by atoms with Crippen LogP contribution in [0.15, 0.2) is 0 Å². The Hall–Kier alpha value is -0.210. The molecule has 0 aromatic rings. The van der Waals surface area contributed by atoms with E-state index in [0.29, 0.717) is 38.3 Å². The highest BCUT2D eigenvalue weighted by atomic mass is 32.2. The van der Waals surface area contributed by atoms with Gasteiger partial charge in [0.05, 0.1) is 19.0 Å². The molecule has 7 heteroatoms. The number of hydrogen-bond donors (Lipinski definition) is 1. The number of nitrogens with two attached hydrogens (primary N) is 1. The zero-order chi connectivity index (χ0) is 15.3. The van der Waals surface area contributed by atoms with Gasteiger partial charge >= 0.3 is 0 Å². The maximum Gasteiger partial charge on any atom is 0.211 e. The van der Waals surface area contributed by atoms with Crippen molar-refractivity contribution in [2.75, 3.05) is 52.1 Å². The second-order valence-electron chi connectivity index (χ2n) is 6.29. The van der Waals surface area contributed by atoms with E-state index in [1.807, 2.05) is 0 Å². The molecule has 0 aliphatic carbocycles. The van der Waals surface area contributed by atoms with E-state index < -0.39 is 10.0 Å². The molecule has 21 heavy (non-hydrogen) atoms. The van der Waals surface area contributed by atoms with Crippen LogP contribution in [0.2, 0.25) is 0 Å². The molecule has 2 aliphatic heterocycles. The number of ether oxygens (including phenoxy) is 1. The maximum absolute atomic E-state index is 11.7. The summed E-state index contributed by atoms with van der Waals surface area (Å²) in [5.41, 5.74) is 5.46. The van der Waals surface area contributed by atoms with Crippen molar-refractivity contribution in [3.05, 3.63) is 0 Å². The van der Waals surface area contributed by atoms with Gasteiger partial charge in [0.2, 0.25) is 10.0 Å². The van der Waals surface area contributed by atoms with Gasteiger partial charge in [-0.2, -0.15) is 0 Å². The summed E-state index contributed by atoms with van der Waals surface area (Å²) in [5, 5.41) is 0. The lowest BCUT2D eigenvalue weighted by Crippen LogP contribution is -2.45. The van der Waals surface area contributed by atoms with Crippen LogP contribution >= 0.6 is 0 Å². The largest absolute Gasteiger partial charge is 0.377 e. The molecule has 124 valence electrons. The standard InChI is InChI=1S/C14H29N3O3S/c1-21(18,19)17-7-2-3-13(12-17)11-16-8-4-14(5-9-16)20-10-6-15/h13-14H,2-12,15H2,1H3. The van der Waals surface area contributed by atoms with Crippen LogP contribution in [-0.2, 0) is 14.8 Å². The third-order valence-corrected chi connectivity index (χ3v) is 5.74. The topological polar surface area (TPSA) is 75.9 Å². The van der Waals surface area contributed by atoms with Crippen molar-refractivity contribution in [2.24, 2.45) is 11.7 Å². The Labute approximate surface area is 128 Å². The van der Waals surface area contributed by atoms with E-state index >= 15 is 0 Å². The highest BCUT2D eigenvalue weighted by Gasteiger charge is 2.28. The van der Waals surface area contributed by atoms with Gasteiger partial charge < -0.3 is 15.4 Å². The minimum absolute atomic E-state index is 0.351. The summed E-state index contributed by atoms with van der Waals surface area (Å²) in [7, 11) is -3.04. The van der Waals surface area contributed by atoms with Crippen LogP contribution in [0.5, 0.6) is 0 Å². The summed E-state index contributed by atoms with van der Waals surface area (Å²) >= 11 is 0. The first kappa shape index (κ1) is 17.1. The number of hydrogen-bond acceptors (Lipinski definition) is 5. The maximum atomic E-state index is 11.7. The van der Waals surface area contributed by atoms with Crippen LogP contribution in [0.3, 0.4) is 0 Å². The van der Waals surface area contributed by atoms with E-state index in [1.54, 1.807) is 4.31 Å². The second-order valence-corrected chi connectivity index (χ2v) is 8.27. The number of rotatable bonds is 6. The molecule has 2 N–H and O–H groups in total. The summed E-state index contributed by atoms with van der Waals surface area (Å²) in [5.74, 6) is 0.468. The van der Waals surface area contributed by atoms with Crippen LogP contribution in [0.25, 0.3) is 0 Å². The molecular formula is C14H29N3O3S.